The first-order valence-electron chi connectivity index (χ1n) is 8.53. The molecule has 25 heavy (non-hydrogen) atoms. The van der Waals surface area contributed by atoms with Crippen molar-refractivity contribution in [2.24, 2.45) is 4.99 Å². The van der Waals surface area contributed by atoms with E-state index < -0.39 is 0 Å². The van der Waals surface area contributed by atoms with Gasteiger partial charge in [0.05, 0.1) is 5.69 Å². The molecule has 0 saturated carbocycles. The molecule has 0 spiro atoms. The third-order valence-electron chi connectivity index (χ3n) is 4.11. The molecule has 2 aromatic rings. The molecule has 2 rings (SSSR count). The molecular weight excluding hydrogens is 380 g/mol. The average molecular weight is 407 g/mol. The molecule has 0 amide bonds. The number of oxazole rings is 1. The van der Waals surface area contributed by atoms with Gasteiger partial charge < -0.3 is 15.1 Å². The highest BCUT2D eigenvalue weighted by Gasteiger charge is 2.21. The van der Waals surface area contributed by atoms with Crippen LogP contribution in [-0.2, 0) is 12.0 Å². The van der Waals surface area contributed by atoms with E-state index in [-0.39, 0.29) is 5.41 Å². The number of hydrogen-bond donors (Lipinski definition) is 2. The molecule has 0 saturated heterocycles. The van der Waals surface area contributed by atoms with Crippen LogP contribution in [0.1, 0.15) is 43.7 Å². The lowest BCUT2D eigenvalue weighted by atomic mass is 9.85. The lowest BCUT2D eigenvalue weighted by Gasteiger charge is -2.27. The molecule has 2 N–H and O–H groups in total. The summed E-state index contributed by atoms with van der Waals surface area (Å²) in [6.45, 7) is 12.3. The van der Waals surface area contributed by atoms with Gasteiger partial charge in [-0.25, -0.2) is 9.98 Å². The Hall–Kier alpha value is -1.82. The zero-order valence-electron chi connectivity index (χ0n) is 15.6. The maximum atomic E-state index is 5.59. The number of halogens is 1. The lowest BCUT2D eigenvalue weighted by molar-refractivity contribution is 0.471. The van der Waals surface area contributed by atoms with Gasteiger partial charge in [0.25, 0.3) is 0 Å². The van der Waals surface area contributed by atoms with E-state index in [1.807, 2.05) is 13.8 Å². The Morgan fingerprint density at radius 2 is 1.88 bits per heavy atom. The monoisotopic (exact) mass is 406 g/mol. The van der Waals surface area contributed by atoms with Crippen molar-refractivity contribution in [3.05, 3.63) is 51.6 Å². The van der Waals surface area contributed by atoms with Gasteiger partial charge in [0.1, 0.15) is 12.3 Å². The van der Waals surface area contributed by atoms with E-state index in [9.17, 15) is 0 Å². The summed E-state index contributed by atoms with van der Waals surface area (Å²) >= 11 is 3.48. The molecule has 0 aliphatic rings. The fraction of sp³-hybridized carbons (Fsp3) is 0.474. The Labute approximate surface area is 158 Å². The summed E-state index contributed by atoms with van der Waals surface area (Å²) in [5.74, 6) is 2.25. The van der Waals surface area contributed by atoms with Crippen molar-refractivity contribution in [2.45, 2.75) is 46.6 Å². The smallest absolute Gasteiger partial charge is 0.216 e. The fourth-order valence-corrected chi connectivity index (χ4v) is 2.67. The Kier molecular flexibility index (Phi) is 6.64. The number of rotatable bonds is 6. The van der Waals surface area contributed by atoms with Crippen LogP contribution in [0.3, 0.4) is 0 Å². The SMILES string of the molecule is CCNC(=NCc1nc(C)c(C)o1)NCC(C)(C)c1ccc(Br)cc1. The molecule has 0 fully saturated rings. The van der Waals surface area contributed by atoms with Crippen molar-refractivity contribution >= 4 is 21.9 Å². The average Bonchev–Trinajstić information content (AvgIpc) is 2.89. The predicted octanol–water partition coefficient (Wildman–Crippen LogP) is 4.09. The van der Waals surface area contributed by atoms with Gasteiger partial charge in [-0.1, -0.05) is 41.9 Å². The van der Waals surface area contributed by atoms with Crippen LogP contribution in [0.2, 0.25) is 0 Å². The standard InChI is InChI=1S/C19H27BrN4O/c1-6-21-18(22-11-17-24-13(2)14(3)25-17)23-12-19(4,5)15-7-9-16(20)10-8-15/h7-10H,6,11-12H2,1-5H3,(H2,21,22,23). The van der Waals surface area contributed by atoms with E-state index in [2.05, 4.69) is 81.6 Å². The fourth-order valence-electron chi connectivity index (χ4n) is 2.40. The number of hydrogen-bond acceptors (Lipinski definition) is 3. The lowest BCUT2D eigenvalue weighted by Crippen LogP contribution is -2.43. The molecule has 0 bridgehead atoms. The predicted molar refractivity (Wildman–Crippen MR) is 106 cm³/mol. The van der Waals surface area contributed by atoms with E-state index in [0.717, 1.165) is 35.0 Å². The highest BCUT2D eigenvalue weighted by molar-refractivity contribution is 9.10. The number of nitrogens with one attached hydrogen (secondary N) is 2. The molecule has 1 heterocycles. The zero-order chi connectivity index (χ0) is 18.4. The number of aromatic nitrogens is 1. The van der Waals surface area contributed by atoms with Gasteiger partial charge in [0.15, 0.2) is 5.96 Å². The quantitative estimate of drug-likeness (QED) is 0.560. The Morgan fingerprint density at radius 3 is 2.44 bits per heavy atom. The van der Waals surface area contributed by atoms with Gasteiger partial charge >= 0.3 is 0 Å². The molecule has 0 aliphatic heterocycles. The Morgan fingerprint density at radius 1 is 1.20 bits per heavy atom. The van der Waals surface area contributed by atoms with Crippen LogP contribution < -0.4 is 10.6 Å². The molecule has 0 radical (unpaired) electrons. The second-order valence-electron chi connectivity index (χ2n) is 6.69. The molecule has 5 nitrogen and oxygen atoms in total. The van der Waals surface area contributed by atoms with Crippen molar-refractivity contribution in [3.63, 3.8) is 0 Å². The molecule has 136 valence electrons. The Bertz CT molecular complexity index is 700. The second kappa shape index (κ2) is 8.52. The van der Waals surface area contributed by atoms with Crippen molar-refractivity contribution in [3.8, 4) is 0 Å². The second-order valence-corrected chi connectivity index (χ2v) is 7.60. The minimum atomic E-state index is -0.0208. The van der Waals surface area contributed by atoms with Gasteiger partial charge in [-0.05, 0) is 38.5 Å². The van der Waals surface area contributed by atoms with Crippen LogP contribution in [-0.4, -0.2) is 24.0 Å². The first-order chi connectivity index (χ1) is 11.8. The minimum absolute atomic E-state index is 0.0208. The van der Waals surface area contributed by atoms with Gasteiger partial charge in [-0.2, -0.15) is 0 Å². The third-order valence-corrected chi connectivity index (χ3v) is 4.64. The van der Waals surface area contributed by atoms with Gasteiger partial charge in [-0.3, -0.25) is 0 Å². The van der Waals surface area contributed by atoms with Crippen LogP contribution in [0.15, 0.2) is 38.1 Å². The van der Waals surface area contributed by atoms with Crippen LogP contribution in [0.4, 0.5) is 0 Å². The highest BCUT2D eigenvalue weighted by Crippen LogP contribution is 2.24. The van der Waals surface area contributed by atoms with Crippen LogP contribution in [0.25, 0.3) is 0 Å². The summed E-state index contributed by atoms with van der Waals surface area (Å²) in [7, 11) is 0. The minimum Gasteiger partial charge on any atom is -0.444 e. The Balaban J connectivity index is 2.02. The van der Waals surface area contributed by atoms with E-state index in [1.54, 1.807) is 0 Å². The zero-order valence-corrected chi connectivity index (χ0v) is 17.2. The molecular formula is C19H27BrN4O. The number of guanidine groups is 1. The van der Waals surface area contributed by atoms with Crippen LogP contribution in [0.5, 0.6) is 0 Å². The van der Waals surface area contributed by atoms with Crippen molar-refractivity contribution in [2.75, 3.05) is 13.1 Å². The maximum absolute atomic E-state index is 5.59. The van der Waals surface area contributed by atoms with E-state index >= 15 is 0 Å². The molecule has 0 atom stereocenters. The normalized spacial score (nSPS) is 12.3. The van der Waals surface area contributed by atoms with Crippen LogP contribution in [0, 0.1) is 13.8 Å². The number of aryl methyl sites for hydroxylation is 2. The summed E-state index contributed by atoms with van der Waals surface area (Å²) in [6.07, 6.45) is 0. The van der Waals surface area contributed by atoms with Crippen molar-refractivity contribution in [1.82, 2.24) is 15.6 Å². The summed E-state index contributed by atoms with van der Waals surface area (Å²) < 4.78 is 6.68. The number of benzene rings is 1. The first kappa shape index (κ1) is 19.5. The molecule has 1 aromatic carbocycles. The summed E-state index contributed by atoms with van der Waals surface area (Å²) in [5, 5.41) is 6.69. The molecule has 6 heteroatoms. The molecule has 0 unspecified atom stereocenters. The third kappa shape index (κ3) is 5.59. The van der Waals surface area contributed by atoms with Crippen LogP contribution >= 0.6 is 15.9 Å². The highest BCUT2D eigenvalue weighted by atomic mass is 79.9. The van der Waals surface area contributed by atoms with E-state index in [0.29, 0.717) is 12.4 Å². The summed E-state index contributed by atoms with van der Waals surface area (Å²) in [5.41, 5.74) is 2.17. The first-order valence-corrected chi connectivity index (χ1v) is 9.32. The summed E-state index contributed by atoms with van der Waals surface area (Å²) in [4.78, 5) is 8.95. The summed E-state index contributed by atoms with van der Waals surface area (Å²) in [6, 6.07) is 8.44. The van der Waals surface area contributed by atoms with Crippen molar-refractivity contribution < 1.29 is 4.42 Å². The van der Waals surface area contributed by atoms with E-state index in [1.165, 1.54) is 5.56 Å². The number of nitrogens with zero attached hydrogens (tertiary/aromatic N) is 2. The number of aliphatic imine (C=N–C) groups is 1. The van der Waals surface area contributed by atoms with Crippen molar-refractivity contribution in [1.29, 1.82) is 0 Å². The van der Waals surface area contributed by atoms with Gasteiger partial charge in [0, 0.05) is 23.0 Å². The van der Waals surface area contributed by atoms with Gasteiger partial charge in [-0.15, -0.1) is 0 Å². The largest absolute Gasteiger partial charge is 0.444 e. The topological polar surface area (TPSA) is 62.5 Å². The maximum Gasteiger partial charge on any atom is 0.216 e. The van der Waals surface area contributed by atoms with Gasteiger partial charge in [0.2, 0.25) is 5.89 Å². The molecule has 0 aliphatic carbocycles. The van der Waals surface area contributed by atoms with E-state index in [4.69, 9.17) is 4.42 Å². The molecule has 1 aromatic heterocycles.